The lowest BCUT2D eigenvalue weighted by Gasteiger charge is -2.03. The maximum absolute atomic E-state index is 11.4. The lowest BCUT2D eigenvalue weighted by atomic mass is 10.0. The van der Waals surface area contributed by atoms with Crippen molar-refractivity contribution in [2.75, 3.05) is 0 Å². The molecule has 19 heavy (non-hydrogen) atoms. The zero-order valence-electron chi connectivity index (χ0n) is 10.1. The first-order chi connectivity index (χ1) is 9.20. The molecule has 3 aromatic rings. The lowest BCUT2D eigenvalue weighted by molar-refractivity contribution is 0.528. The van der Waals surface area contributed by atoms with Gasteiger partial charge in [-0.3, -0.25) is 9.55 Å². The van der Waals surface area contributed by atoms with Crippen LogP contribution in [0.5, 0.6) is 0 Å². The van der Waals surface area contributed by atoms with Crippen molar-refractivity contribution in [3.63, 3.8) is 0 Å². The van der Waals surface area contributed by atoms with Crippen molar-refractivity contribution >= 4 is 11.1 Å². The smallest absolute Gasteiger partial charge is 0.408 e. The topological polar surface area (TPSA) is 71.8 Å². The first-order valence-corrected chi connectivity index (χ1v) is 5.65. The van der Waals surface area contributed by atoms with Gasteiger partial charge in [-0.25, -0.2) is 4.79 Å². The van der Waals surface area contributed by atoms with Crippen LogP contribution < -0.4 is 5.76 Å². The summed E-state index contributed by atoms with van der Waals surface area (Å²) >= 11 is 0. The second-order valence-electron chi connectivity index (χ2n) is 4.14. The molecule has 2 aromatic heterocycles. The average molecular weight is 251 g/mol. The molecule has 0 bridgehead atoms. The maximum atomic E-state index is 11.4. The van der Waals surface area contributed by atoms with Crippen molar-refractivity contribution in [2.24, 2.45) is 7.05 Å². The summed E-state index contributed by atoms with van der Waals surface area (Å²) in [7, 11) is 1.65. The third kappa shape index (κ3) is 1.70. The number of nitrogens with zero attached hydrogens (tertiary/aromatic N) is 3. The molecular formula is C14H9N3O2. The molecule has 0 atom stereocenters. The van der Waals surface area contributed by atoms with Gasteiger partial charge in [-0.2, -0.15) is 5.26 Å². The summed E-state index contributed by atoms with van der Waals surface area (Å²) in [5.74, 6) is -0.401. The normalized spacial score (nSPS) is 10.5. The fraction of sp³-hybridized carbons (Fsp3) is 0.0714. The minimum atomic E-state index is -0.401. The molecule has 0 spiro atoms. The molecule has 3 rings (SSSR count). The highest BCUT2D eigenvalue weighted by atomic mass is 16.4. The average Bonchev–Trinajstić information content (AvgIpc) is 2.73. The van der Waals surface area contributed by atoms with Gasteiger partial charge in [0.15, 0.2) is 5.58 Å². The van der Waals surface area contributed by atoms with E-state index in [0.717, 1.165) is 16.6 Å². The Morgan fingerprint density at radius 3 is 3.00 bits per heavy atom. The van der Waals surface area contributed by atoms with Crippen LogP contribution >= 0.6 is 0 Å². The molecule has 0 fully saturated rings. The largest absolute Gasteiger partial charge is 0.419 e. The van der Waals surface area contributed by atoms with Crippen LogP contribution in [0.4, 0.5) is 0 Å². The van der Waals surface area contributed by atoms with Crippen LogP contribution in [0.2, 0.25) is 0 Å². The number of benzene rings is 1. The summed E-state index contributed by atoms with van der Waals surface area (Å²) in [6.07, 6.45) is 3.14. The van der Waals surface area contributed by atoms with Crippen LogP contribution in [0.3, 0.4) is 0 Å². The van der Waals surface area contributed by atoms with E-state index in [1.165, 1.54) is 10.8 Å². The summed E-state index contributed by atoms with van der Waals surface area (Å²) in [5.41, 5.74) is 3.30. The number of pyridine rings is 1. The number of fused-ring (bicyclic) bond motifs is 1. The van der Waals surface area contributed by atoms with Gasteiger partial charge in [-0.1, -0.05) is 6.07 Å². The number of oxazole rings is 1. The lowest BCUT2D eigenvalue weighted by Crippen LogP contribution is -2.08. The molecule has 0 N–H and O–H groups in total. The Bertz CT molecular complexity index is 868. The van der Waals surface area contributed by atoms with Gasteiger partial charge in [-0.15, -0.1) is 0 Å². The monoisotopic (exact) mass is 251 g/mol. The quantitative estimate of drug-likeness (QED) is 0.663. The number of aryl methyl sites for hydroxylation is 1. The Labute approximate surface area is 108 Å². The minimum absolute atomic E-state index is 0.401. The minimum Gasteiger partial charge on any atom is -0.408 e. The van der Waals surface area contributed by atoms with E-state index in [1.807, 2.05) is 6.07 Å². The summed E-state index contributed by atoms with van der Waals surface area (Å²) in [5, 5.41) is 9.07. The molecule has 0 amide bonds. The molecule has 5 nitrogen and oxygen atoms in total. The van der Waals surface area contributed by atoms with Gasteiger partial charge < -0.3 is 4.42 Å². The van der Waals surface area contributed by atoms with Gasteiger partial charge in [0.25, 0.3) is 0 Å². The Morgan fingerprint density at radius 2 is 2.21 bits per heavy atom. The SMILES string of the molecule is Cn1c(=O)oc2cc(-c3ccncc3C#N)ccc21. The number of aromatic nitrogens is 2. The Morgan fingerprint density at radius 1 is 1.37 bits per heavy atom. The third-order valence-corrected chi connectivity index (χ3v) is 3.04. The molecule has 0 aliphatic heterocycles. The summed E-state index contributed by atoms with van der Waals surface area (Å²) < 4.78 is 6.58. The van der Waals surface area contributed by atoms with E-state index >= 15 is 0 Å². The van der Waals surface area contributed by atoms with Gasteiger partial charge in [0, 0.05) is 25.0 Å². The fourth-order valence-electron chi connectivity index (χ4n) is 2.04. The summed E-state index contributed by atoms with van der Waals surface area (Å²) in [6.45, 7) is 0. The number of hydrogen-bond donors (Lipinski definition) is 0. The number of nitriles is 1. The first kappa shape index (κ1) is 11.2. The second-order valence-corrected chi connectivity index (χ2v) is 4.14. The zero-order valence-corrected chi connectivity index (χ0v) is 10.1. The van der Waals surface area contributed by atoms with E-state index in [-0.39, 0.29) is 0 Å². The van der Waals surface area contributed by atoms with Crippen molar-refractivity contribution in [1.82, 2.24) is 9.55 Å². The standard InChI is InChI=1S/C14H9N3O2/c1-17-12-3-2-9(6-13(12)19-14(17)18)11-4-5-16-8-10(11)7-15/h2-6,8H,1H3. The molecule has 1 aromatic carbocycles. The van der Waals surface area contributed by atoms with Crippen LogP contribution in [-0.4, -0.2) is 9.55 Å². The van der Waals surface area contributed by atoms with Crippen molar-refractivity contribution in [2.45, 2.75) is 0 Å². The van der Waals surface area contributed by atoms with Gasteiger partial charge in [0.1, 0.15) is 6.07 Å². The molecule has 92 valence electrons. The first-order valence-electron chi connectivity index (χ1n) is 5.65. The molecular weight excluding hydrogens is 242 g/mol. The Kier molecular flexibility index (Phi) is 2.43. The van der Waals surface area contributed by atoms with Crippen LogP contribution in [0.25, 0.3) is 22.2 Å². The van der Waals surface area contributed by atoms with E-state index < -0.39 is 5.76 Å². The van der Waals surface area contributed by atoms with E-state index in [2.05, 4.69) is 11.1 Å². The summed E-state index contributed by atoms with van der Waals surface area (Å²) in [4.78, 5) is 15.4. The van der Waals surface area contributed by atoms with Crippen LogP contribution in [-0.2, 0) is 7.05 Å². The van der Waals surface area contributed by atoms with Gasteiger partial charge in [0.05, 0.1) is 11.1 Å². The Balaban J connectivity index is 2.27. The predicted molar refractivity (Wildman–Crippen MR) is 69.4 cm³/mol. The van der Waals surface area contributed by atoms with E-state index in [9.17, 15) is 4.79 Å². The van der Waals surface area contributed by atoms with Gasteiger partial charge >= 0.3 is 5.76 Å². The third-order valence-electron chi connectivity index (χ3n) is 3.04. The fourth-order valence-corrected chi connectivity index (χ4v) is 2.04. The van der Waals surface area contributed by atoms with Crippen LogP contribution in [0, 0.1) is 11.3 Å². The molecule has 0 aliphatic rings. The second kappa shape index (κ2) is 4.10. The highest BCUT2D eigenvalue weighted by Crippen LogP contribution is 2.25. The highest BCUT2D eigenvalue weighted by Gasteiger charge is 2.09. The summed E-state index contributed by atoms with van der Waals surface area (Å²) in [6, 6.07) is 9.28. The Hall–Kier alpha value is -2.87. The molecule has 5 heteroatoms. The van der Waals surface area contributed by atoms with Gasteiger partial charge in [-0.05, 0) is 23.8 Å². The molecule has 0 unspecified atom stereocenters. The highest BCUT2D eigenvalue weighted by molar-refractivity contribution is 5.82. The molecule has 0 aliphatic carbocycles. The van der Waals surface area contributed by atoms with Crippen molar-refractivity contribution < 1.29 is 4.42 Å². The van der Waals surface area contributed by atoms with E-state index in [1.54, 1.807) is 31.4 Å². The van der Waals surface area contributed by atoms with Crippen molar-refractivity contribution in [1.29, 1.82) is 5.26 Å². The number of hydrogen-bond acceptors (Lipinski definition) is 4. The van der Waals surface area contributed by atoms with Crippen molar-refractivity contribution in [3.8, 4) is 17.2 Å². The maximum Gasteiger partial charge on any atom is 0.419 e. The van der Waals surface area contributed by atoms with E-state index in [0.29, 0.717) is 11.1 Å². The molecule has 0 saturated carbocycles. The zero-order chi connectivity index (χ0) is 13.4. The van der Waals surface area contributed by atoms with Crippen LogP contribution in [0.15, 0.2) is 45.9 Å². The van der Waals surface area contributed by atoms with Gasteiger partial charge in [0.2, 0.25) is 0 Å². The predicted octanol–water partition coefficient (Wildman–Crippen LogP) is 2.07. The van der Waals surface area contributed by atoms with E-state index in [4.69, 9.17) is 9.68 Å². The molecule has 2 heterocycles. The molecule has 0 radical (unpaired) electrons. The number of rotatable bonds is 1. The van der Waals surface area contributed by atoms with Crippen molar-refractivity contribution in [3.05, 3.63) is 52.8 Å². The van der Waals surface area contributed by atoms with Crippen LogP contribution in [0.1, 0.15) is 5.56 Å². The molecule has 0 saturated heterocycles.